The number of hydrogen-bond donors (Lipinski definition) is 1. The van der Waals surface area contributed by atoms with Gasteiger partial charge in [-0.1, -0.05) is 32.0 Å². The van der Waals surface area contributed by atoms with E-state index in [1.807, 2.05) is 0 Å². The fraction of sp³-hybridized carbons (Fsp3) is 0.625. The van der Waals surface area contributed by atoms with Crippen molar-refractivity contribution >= 4 is 0 Å². The number of rotatable bonds is 7. The van der Waals surface area contributed by atoms with E-state index in [-0.39, 0.29) is 6.04 Å². The molecular formula is C16H28N2. The van der Waals surface area contributed by atoms with Crippen LogP contribution >= 0.6 is 0 Å². The normalized spacial score (nSPS) is 13.0. The molecule has 0 aliphatic carbocycles. The van der Waals surface area contributed by atoms with Crippen LogP contribution in [0.25, 0.3) is 0 Å². The van der Waals surface area contributed by atoms with E-state index in [9.17, 15) is 0 Å². The van der Waals surface area contributed by atoms with Gasteiger partial charge in [0.25, 0.3) is 0 Å². The molecule has 2 N–H and O–H groups in total. The van der Waals surface area contributed by atoms with Crippen molar-refractivity contribution in [1.82, 2.24) is 4.90 Å². The molecule has 2 nitrogen and oxygen atoms in total. The first kappa shape index (κ1) is 15.2. The topological polar surface area (TPSA) is 29.3 Å². The van der Waals surface area contributed by atoms with Gasteiger partial charge in [-0.05, 0) is 63.0 Å². The largest absolute Gasteiger partial charge is 0.327 e. The maximum atomic E-state index is 6.22. The maximum Gasteiger partial charge on any atom is 0.00914 e. The molecule has 0 spiro atoms. The summed E-state index contributed by atoms with van der Waals surface area (Å²) in [5.41, 5.74) is 10.3. The minimum Gasteiger partial charge on any atom is -0.327 e. The monoisotopic (exact) mass is 248 g/mol. The first-order chi connectivity index (χ1) is 8.56. The van der Waals surface area contributed by atoms with E-state index in [0.717, 1.165) is 32.5 Å². The number of benzene rings is 1. The van der Waals surface area contributed by atoms with Gasteiger partial charge in [0.1, 0.15) is 0 Å². The molecule has 0 aliphatic rings. The standard InChI is InChI=1S/C16H28N2/c1-5-18(6-2)10-9-16(17)12-15-8-7-13(3)14(4)11-15/h7-8,11,16H,5-6,9-10,12,17H2,1-4H3. The van der Waals surface area contributed by atoms with E-state index in [2.05, 4.69) is 50.8 Å². The summed E-state index contributed by atoms with van der Waals surface area (Å²) in [5.74, 6) is 0. The summed E-state index contributed by atoms with van der Waals surface area (Å²) in [4.78, 5) is 2.43. The molecule has 1 aromatic carbocycles. The molecule has 0 radical (unpaired) electrons. The lowest BCUT2D eigenvalue weighted by molar-refractivity contribution is 0.290. The predicted molar refractivity (Wildman–Crippen MR) is 80.0 cm³/mol. The number of nitrogens with two attached hydrogens (primary N) is 1. The fourth-order valence-corrected chi connectivity index (χ4v) is 2.22. The molecule has 0 heterocycles. The smallest absolute Gasteiger partial charge is 0.00914 e. The summed E-state index contributed by atoms with van der Waals surface area (Å²) in [7, 11) is 0. The van der Waals surface area contributed by atoms with Crippen molar-refractivity contribution in [2.75, 3.05) is 19.6 Å². The number of nitrogens with zero attached hydrogens (tertiary/aromatic N) is 1. The van der Waals surface area contributed by atoms with Gasteiger partial charge in [0.05, 0.1) is 0 Å². The maximum absolute atomic E-state index is 6.22. The average molecular weight is 248 g/mol. The van der Waals surface area contributed by atoms with Crippen LogP contribution in [0.15, 0.2) is 18.2 Å². The Morgan fingerprint density at radius 2 is 1.78 bits per heavy atom. The van der Waals surface area contributed by atoms with Crippen LogP contribution < -0.4 is 5.73 Å². The average Bonchev–Trinajstić information content (AvgIpc) is 2.35. The third-order valence-corrected chi connectivity index (χ3v) is 3.78. The zero-order chi connectivity index (χ0) is 13.5. The summed E-state index contributed by atoms with van der Waals surface area (Å²) in [6.07, 6.45) is 2.07. The molecule has 0 aromatic heterocycles. The van der Waals surface area contributed by atoms with Crippen LogP contribution in [0.1, 0.15) is 37.0 Å². The van der Waals surface area contributed by atoms with Gasteiger partial charge in [-0.25, -0.2) is 0 Å². The summed E-state index contributed by atoms with van der Waals surface area (Å²) in [6.45, 7) is 12.1. The molecule has 2 heteroatoms. The van der Waals surface area contributed by atoms with E-state index in [1.54, 1.807) is 0 Å². The van der Waals surface area contributed by atoms with Crippen LogP contribution in [-0.4, -0.2) is 30.6 Å². The highest BCUT2D eigenvalue weighted by Crippen LogP contribution is 2.12. The lowest BCUT2D eigenvalue weighted by atomic mass is 10.00. The van der Waals surface area contributed by atoms with Gasteiger partial charge in [0.15, 0.2) is 0 Å². The van der Waals surface area contributed by atoms with E-state index < -0.39 is 0 Å². The third kappa shape index (κ3) is 4.79. The Morgan fingerprint density at radius 1 is 1.11 bits per heavy atom. The molecule has 18 heavy (non-hydrogen) atoms. The molecule has 0 fully saturated rings. The Bertz CT molecular complexity index is 356. The van der Waals surface area contributed by atoms with Gasteiger partial charge in [-0.2, -0.15) is 0 Å². The van der Waals surface area contributed by atoms with Gasteiger partial charge in [0, 0.05) is 6.04 Å². The molecule has 0 saturated heterocycles. The zero-order valence-corrected chi connectivity index (χ0v) is 12.4. The summed E-state index contributed by atoms with van der Waals surface area (Å²) in [6, 6.07) is 6.95. The first-order valence-corrected chi connectivity index (χ1v) is 7.10. The van der Waals surface area contributed by atoms with Crippen LogP contribution in [0.5, 0.6) is 0 Å². The Morgan fingerprint density at radius 3 is 2.33 bits per heavy atom. The molecule has 1 atom stereocenters. The third-order valence-electron chi connectivity index (χ3n) is 3.78. The molecule has 1 unspecified atom stereocenters. The molecule has 0 saturated carbocycles. The molecule has 1 aromatic rings. The van der Waals surface area contributed by atoms with E-state index in [0.29, 0.717) is 0 Å². The number of hydrogen-bond acceptors (Lipinski definition) is 2. The van der Waals surface area contributed by atoms with Crippen molar-refractivity contribution in [3.63, 3.8) is 0 Å². The van der Waals surface area contributed by atoms with Gasteiger partial charge in [-0.15, -0.1) is 0 Å². The van der Waals surface area contributed by atoms with Crippen LogP contribution in [0.4, 0.5) is 0 Å². The quantitative estimate of drug-likeness (QED) is 0.804. The summed E-state index contributed by atoms with van der Waals surface area (Å²) >= 11 is 0. The van der Waals surface area contributed by atoms with Crippen molar-refractivity contribution in [2.45, 2.75) is 46.6 Å². The van der Waals surface area contributed by atoms with Gasteiger partial charge < -0.3 is 10.6 Å². The zero-order valence-electron chi connectivity index (χ0n) is 12.4. The van der Waals surface area contributed by atoms with Crippen LogP contribution in [0, 0.1) is 13.8 Å². The van der Waals surface area contributed by atoms with Gasteiger partial charge in [-0.3, -0.25) is 0 Å². The second-order valence-electron chi connectivity index (χ2n) is 5.20. The Balaban J connectivity index is 2.44. The van der Waals surface area contributed by atoms with E-state index in [1.165, 1.54) is 16.7 Å². The molecule has 1 rings (SSSR count). The molecule has 0 aliphatic heterocycles. The lowest BCUT2D eigenvalue weighted by Gasteiger charge is -2.20. The highest BCUT2D eigenvalue weighted by molar-refractivity contribution is 5.30. The van der Waals surface area contributed by atoms with E-state index in [4.69, 9.17) is 5.73 Å². The minimum absolute atomic E-state index is 0.271. The van der Waals surface area contributed by atoms with Crippen molar-refractivity contribution in [1.29, 1.82) is 0 Å². The molecular weight excluding hydrogens is 220 g/mol. The SMILES string of the molecule is CCN(CC)CCC(N)Cc1ccc(C)c(C)c1. The van der Waals surface area contributed by atoms with Crippen molar-refractivity contribution < 1.29 is 0 Å². The molecule has 102 valence electrons. The fourth-order valence-electron chi connectivity index (χ4n) is 2.22. The highest BCUT2D eigenvalue weighted by atomic mass is 15.1. The number of aryl methyl sites for hydroxylation is 2. The van der Waals surface area contributed by atoms with Gasteiger partial charge >= 0.3 is 0 Å². The van der Waals surface area contributed by atoms with E-state index >= 15 is 0 Å². The first-order valence-electron chi connectivity index (χ1n) is 7.10. The van der Waals surface area contributed by atoms with Crippen LogP contribution in [0.2, 0.25) is 0 Å². The Hall–Kier alpha value is -0.860. The lowest BCUT2D eigenvalue weighted by Crippen LogP contribution is -2.31. The summed E-state index contributed by atoms with van der Waals surface area (Å²) < 4.78 is 0. The van der Waals surface area contributed by atoms with Crippen LogP contribution in [-0.2, 0) is 6.42 Å². The Kier molecular flexibility index (Phi) is 6.37. The van der Waals surface area contributed by atoms with Crippen LogP contribution in [0.3, 0.4) is 0 Å². The second-order valence-corrected chi connectivity index (χ2v) is 5.20. The predicted octanol–water partition coefficient (Wildman–Crippen LogP) is 2.91. The van der Waals surface area contributed by atoms with Gasteiger partial charge in [0.2, 0.25) is 0 Å². The van der Waals surface area contributed by atoms with Crippen molar-refractivity contribution in [3.05, 3.63) is 34.9 Å². The second kappa shape index (κ2) is 7.55. The minimum atomic E-state index is 0.271. The Labute approximate surface area is 112 Å². The van der Waals surface area contributed by atoms with Crippen molar-refractivity contribution in [2.24, 2.45) is 5.73 Å². The highest BCUT2D eigenvalue weighted by Gasteiger charge is 2.07. The molecule has 0 bridgehead atoms. The summed E-state index contributed by atoms with van der Waals surface area (Å²) in [5, 5.41) is 0. The van der Waals surface area contributed by atoms with Crippen molar-refractivity contribution in [3.8, 4) is 0 Å². The molecule has 0 amide bonds.